The minimum atomic E-state index is -3.74. The molecule has 2 aromatic carbocycles. The number of amides is 1. The number of rotatable bonds is 6. The highest BCUT2D eigenvalue weighted by Crippen LogP contribution is 2.28. The van der Waals surface area contributed by atoms with Crippen LogP contribution >= 0.6 is 22.9 Å². The first-order valence-corrected chi connectivity index (χ1v) is 12.8. The summed E-state index contributed by atoms with van der Waals surface area (Å²) in [6, 6.07) is 12.2. The standard InChI is InChI=1S/C22H22ClN3O4S2/c1-2-15-3-5-16(6-4-15)20-14-31-22(24-20)25-21(27)18-13-17(7-8-19(18)23)32(28,29)26-9-11-30-12-10-26/h3-8,13-14H,2,9-12H2,1H3,(H,24,25,27). The van der Waals surface area contributed by atoms with Gasteiger partial charge in [-0.25, -0.2) is 13.4 Å². The molecular weight excluding hydrogens is 470 g/mol. The normalized spacial score (nSPS) is 14.9. The van der Waals surface area contributed by atoms with Crippen LogP contribution in [0.2, 0.25) is 5.02 Å². The number of aromatic nitrogens is 1. The number of carbonyl (C=O) groups excluding carboxylic acids is 1. The number of carbonyl (C=O) groups is 1. The molecule has 1 amide bonds. The van der Waals surface area contributed by atoms with Gasteiger partial charge in [-0.15, -0.1) is 11.3 Å². The highest BCUT2D eigenvalue weighted by Gasteiger charge is 2.27. The SMILES string of the molecule is CCc1ccc(-c2csc(NC(=O)c3cc(S(=O)(=O)N4CCOCC4)ccc3Cl)n2)cc1. The van der Waals surface area contributed by atoms with Gasteiger partial charge in [-0.1, -0.05) is 42.8 Å². The van der Waals surface area contributed by atoms with Crippen LogP contribution in [-0.2, 0) is 21.2 Å². The van der Waals surface area contributed by atoms with E-state index in [4.69, 9.17) is 16.3 Å². The van der Waals surface area contributed by atoms with Gasteiger partial charge in [-0.3, -0.25) is 10.1 Å². The Morgan fingerprint density at radius 3 is 2.59 bits per heavy atom. The number of halogens is 1. The summed E-state index contributed by atoms with van der Waals surface area (Å²) in [5, 5.41) is 5.15. The minimum absolute atomic E-state index is 0.0183. The first-order chi connectivity index (χ1) is 15.4. The summed E-state index contributed by atoms with van der Waals surface area (Å²) in [5.74, 6) is -0.517. The molecule has 0 aliphatic carbocycles. The maximum Gasteiger partial charge on any atom is 0.259 e. The number of anilines is 1. The van der Waals surface area contributed by atoms with Gasteiger partial charge >= 0.3 is 0 Å². The smallest absolute Gasteiger partial charge is 0.259 e. The molecule has 7 nitrogen and oxygen atoms in total. The molecule has 1 aromatic heterocycles. The number of benzene rings is 2. The van der Waals surface area contributed by atoms with Crippen molar-refractivity contribution in [3.63, 3.8) is 0 Å². The number of morpholine rings is 1. The Hall–Kier alpha value is -2.30. The van der Waals surface area contributed by atoms with E-state index in [1.807, 2.05) is 29.6 Å². The molecule has 0 saturated carbocycles. The lowest BCUT2D eigenvalue weighted by atomic mass is 10.1. The van der Waals surface area contributed by atoms with Crippen LogP contribution in [0.15, 0.2) is 52.7 Å². The molecule has 2 heterocycles. The Kier molecular flexibility index (Phi) is 6.92. The van der Waals surface area contributed by atoms with E-state index < -0.39 is 15.9 Å². The molecule has 1 N–H and O–H groups in total. The average Bonchev–Trinajstić information content (AvgIpc) is 3.28. The van der Waals surface area contributed by atoms with Crippen molar-refractivity contribution >= 4 is 44.0 Å². The van der Waals surface area contributed by atoms with Crippen molar-refractivity contribution < 1.29 is 17.9 Å². The fraction of sp³-hybridized carbons (Fsp3) is 0.273. The summed E-state index contributed by atoms with van der Waals surface area (Å²) < 4.78 is 32.4. The molecule has 32 heavy (non-hydrogen) atoms. The lowest BCUT2D eigenvalue weighted by molar-refractivity contribution is 0.0730. The lowest BCUT2D eigenvalue weighted by Gasteiger charge is -2.26. The molecule has 10 heteroatoms. The molecule has 1 aliphatic heterocycles. The van der Waals surface area contributed by atoms with E-state index in [0.29, 0.717) is 18.3 Å². The maximum atomic E-state index is 12.9. The van der Waals surface area contributed by atoms with Crippen LogP contribution in [-0.4, -0.2) is 49.9 Å². The first kappa shape index (κ1) is 22.9. The van der Waals surface area contributed by atoms with Gasteiger partial charge in [-0.05, 0) is 30.2 Å². The predicted octanol–water partition coefficient (Wildman–Crippen LogP) is 4.30. The van der Waals surface area contributed by atoms with Crippen LogP contribution in [0.5, 0.6) is 0 Å². The van der Waals surface area contributed by atoms with E-state index in [0.717, 1.165) is 17.7 Å². The Morgan fingerprint density at radius 1 is 1.19 bits per heavy atom. The number of nitrogens with zero attached hydrogens (tertiary/aromatic N) is 2. The van der Waals surface area contributed by atoms with Crippen molar-refractivity contribution in [2.24, 2.45) is 0 Å². The predicted molar refractivity (Wildman–Crippen MR) is 126 cm³/mol. The van der Waals surface area contributed by atoms with Gasteiger partial charge in [-0.2, -0.15) is 4.31 Å². The maximum absolute atomic E-state index is 12.9. The van der Waals surface area contributed by atoms with Crippen LogP contribution in [0.4, 0.5) is 5.13 Å². The van der Waals surface area contributed by atoms with Crippen LogP contribution in [0.1, 0.15) is 22.8 Å². The number of hydrogen-bond donors (Lipinski definition) is 1. The second-order valence-electron chi connectivity index (χ2n) is 7.20. The van der Waals surface area contributed by atoms with Crippen LogP contribution in [0.25, 0.3) is 11.3 Å². The topological polar surface area (TPSA) is 88.6 Å². The zero-order chi connectivity index (χ0) is 22.7. The van der Waals surface area contributed by atoms with Crippen molar-refractivity contribution in [1.82, 2.24) is 9.29 Å². The van der Waals surface area contributed by atoms with Crippen molar-refractivity contribution in [3.05, 3.63) is 64.0 Å². The van der Waals surface area contributed by atoms with E-state index in [1.165, 1.54) is 39.4 Å². The van der Waals surface area contributed by atoms with Gasteiger partial charge in [0, 0.05) is 24.0 Å². The van der Waals surface area contributed by atoms with Crippen LogP contribution < -0.4 is 5.32 Å². The molecule has 0 spiro atoms. The third-order valence-corrected chi connectivity index (χ3v) is 8.15. The summed E-state index contributed by atoms with van der Waals surface area (Å²) in [5.41, 5.74) is 3.02. The number of hydrogen-bond acceptors (Lipinski definition) is 6. The fourth-order valence-corrected chi connectivity index (χ4v) is 5.67. The largest absolute Gasteiger partial charge is 0.379 e. The second-order valence-corrected chi connectivity index (χ2v) is 10.4. The van der Waals surface area contributed by atoms with Gasteiger partial charge in [0.15, 0.2) is 5.13 Å². The molecule has 0 bridgehead atoms. The van der Waals surface area contributed by atoms with Gasteiger partial charge in [0.25, 0.3) is 5.91 Å². The third-order valence-electron chi connectivity index (χ3n) is 5.17. The zero-order valence-electron chi connectivity index (χ0n) is 17.4. The van der Waals surface area contributed by atoms with Crippen LogP contribution in [0.3, 0.4) is 0 Å². The summed E-state index contributed by atoms with van der Waals surface area (Å²) in [7, 11) is -3.74. The van der Waals surface area contributed by atoms with Crippen LogP contribution in [0, 0.1) is 0 Å². The lowest BCUT2D eigenvalue weighted by Crippen LogP contribution is -2.40. The molecule has 168 valence electrons. The van der Waals surface area contributed by atoms with E-state index in [-0.39, 0.29) is 28.6 Å². The summed E-state index contributed by atoms with van der Waals surface area (Å²) in [4.78, 5) is 17.4. The average molecular weight is 492 g/mol. The second kappa shape index (κ2) is 9.68. The van der Waals surface area contributed by atoms with Gasteiger partial charge in [0.05, 0.1) is 34.4 Å². The van der Waals surface area contributed by atoms with Crippen molar-refractivity contribution in [1.29, 1.82) is 0 Å². The van der Waals surface area contributed by atoms with E-state index in [1.54, 1.807) is 0 Å². The molecule has 0 radical (unpaired) electrons. The molecule has 1 saturated heterocycles. The molecule has 0 unspecified atom stereocenters. The summed E-state index contributed by atoms with van der Waals surface area (Å²) >= 11 is 7.51. The summed E-state index contributed by atoms with van der Waals surface area (Å²) in [6.07, 6.45) is 0.958. The molecule has 4 rings (SSSR count). The van der Waals surface area contributed by atoms with Gasteiger partial charge in [0.2, 0.25) is 10.0 Å². The monoisotopic (exact) mass is 491 g/mol. The number of ether oxygens (including phenoxy) is 1. The number of thiazole rings is 1. The molecule has 1 aliphatic rings. The van der Waals surface area contributed by atoms with E-state index in [9.17, 15) is 13.2 Å². The summed E-state index contributed by atoms with van der Waals surface area (Å²) in [6.45, 7) is 3.32. The number of nitrogens with one attached hydrogen (secondary N) is 1. The molecule has 0 atom stereocenters. The first-order valence-electron chi connectivity index (χ1n) is 10.1. The molecule has 1 fully saturated rings. The van der Waals surface area contributed by atoms with Crippen molar-refractivity contribution in [2.75, 3.05) is 31.6 Å². The Labute approximate surface area is 196 Å². The zero-order valence-corrected chi connectivity index (χ0v) is 19.8. The molecular formula is C22H22ClN3O4S2. The highest BCUT2D eigenvalue weighted by atomic mass is 35.5. The highest BCUT2D eigenvalue weighted by molar-refractivity contribution is 7.89. The third kappa shape index (κ3) is 4.87. The Balaban J connectivity index is 1.53. The fourth-order valence-electron chi connectivity index (χ4n) is 3.31. The van der Waals surface area contributed by atoms with Crippen molar-refractivity contribution in [3.8, 4) is 11.3 Å². The van der Waals surface area contributed by atoms with E-state index >= 15 is 0 Å². The van der Waals surface area contributed by atoms with E-state index in [2.05, 4.69) is 17.2 Å². The Bertz CT molecular complexity index is 1220. The minimum Gasteiger partial charge on any atom is -0.379 e. The van der Waals surface area contributed by atoms with Gasteiger partial charge < -0.3 is 4.74 Å². The van der Waals surface area contributed by atoms with Crippen molar-refractivity contribution in [2.45, 2.75) is 18.2 Å². The Morgan fingerprint density at radius 2 is 1.91 bits per heavy atom. The quantitative estimate of drug-likeness (QED) is 0.555. The molecule has 3 aromatic rings. The number of sulfonamides is 1. The number of aryl methyl sites for hydroxylation is 1. The van der Waals surface area contributed by atoms with Gasteiger partial charge in [0.1, 0.15) is 0 Å².